The molecule has 1 amide bonds. The van der Waals surface area contributed by atoms with E-state index in [-0.39, 0.29) is 24.1 Å². The van der Waals surface area contributed by atoms with E-state index in [1.165, 1.54) is 13.2 Å². The molecule has 1 aromatic carbocycles. The Hall–Kier alpha value is -2.67. The summed E-state index contributed by atoms with van der Waals surface area (Å²) in [6.07, 6.45) is 2.02. The van der Waals surface area contributed by atoms with Gasteiger partial charge in [-0.3, -0.25) is 9.59 Å². The molecule has 132 valence electrons. The molecular weight excluding hydrogens is 322 g/mol. The maximum atomic E-state index is 12.2. The zero-order valence-electron chi connectivity index (χ0n) is 14.1. The minimum absolute atomic E-state index is 0.0596. The second-order valence-corrected chi connectivity index (χ2v) is 5.86. The average Bonchev–Trinajstić information content (AvgIpc) is 3.15. The summed E-state index contributed by atoms with van der Waals surface area (Å²) >= 11 is 0. The number of rotatable bonds is 6. The van der Waals surface area contributed by atoms with E-state index < -0.39 is 0 Å². The van der Waals surface area contributed by atoms with Gasteiger partial charge in [0.1, 0.15) is 12.2 Å². The van der Waals surface area contributed by atoms with Crippen LogP contribution in [0.2, 0.25) is 0 Å². The highest BCUT2D eigenvalue weighted by Crippen LogP contribution is 2.25. The van der Waals surface area contributed by atoms with Crippen molar-refractivity contribution in [1.29, 1.82) is 0 Å². The number of ether oxygens (including phenoxy) is 2. The van der Waals surface area contributed by atoms with Gasteiger partial charge in [-0.05, 0) is 12.8 Å². The van der Waals surface area contributed by atoms with E-state index >= 15 is 0 Å². The summed E-state index contributed by atoms with van der Waals surface area (Å²) in [5.74, 6) is 0.112. The summed E-state index contributed by atoms with van der Waals surface area (Å²) in [6, 6.07) is 10.7. The number of hydrogen-bond acceptors (Lipinski definition) is 5. The van der Waals surface area contributed by atoms with Gasteiger partial charge >= 0.3 is 0 Å². The van der Waals surface area contributed by atoms with Gasteiger partial charge in [0.05, 0.1) is 13.2 Å². The molecule has 1 N–H and O–H groups in total. The minimum Gasteiger partial charge on any atom is -0.494 e. The Morgan fingerprint density at radius 2 is 2.20 bits per heavy atom. The predicted molar refractivity (Wildman–Crippen MR) is 92.5 cm³/mol. The van der Waals surface area contributed by atoms with Gasteiger partial charge in [-0.15, -0.1) is 0 Å². The topological polar surface area (TPSA) is 82.5 Å². The van der Waals surface area contributed by atoms with Crippen molar-refractivity contribution in [3.8, 4) is 17.0 Å². The second kappa shape index (κ2) is 7.94. The molecule has 0 bridgehead atoms. The molecule has 2 heterocycles. The van der Waals surface area contributed by atoms with Crippen LogP contribution in [0.4, 0.5) is 0 Å². The van der Waals surface area contributed by atoms with Crippen LogP contribution in [0.5, 0.6) is 5.75 Å². The lowest BCUT2D eigenvalue weighted by atomic mass is 10.1. The van der Waals surface area contributed by atoms with E-state index in [0.717, 1.165) is 29.7 Å². The molecule has 1 atom stereocenters. The van der Waals surface area contributed by atoms with Crippen LogP contribution in [-0.2, 0) is 16.1 Å². The largest absolute Gasteiger partial charge is 0.494 e. The first-order valence-corrected chi connectivity index (χ1v) is 8.27. The fraction of sp³-hybridized carbons (Fsp3) is 0.389. The Balaban J connectivity index is 1.76. The van der Waals surface area contributed by atoms with Gasteiger partial charge < -0.3 is 14.8 Å². The lowest BCUT2D eigenvalue weighted by Crippen LogP contribution is -2.37. The Bertz CT molecular complexity index is 783. The molecule has 0 radical (unpaired) electrons. The molecule has 0 unspecified atom stereocenters. The number of carbonyl (C=O) groups is 1. The van der Waals surface area contributed by atoms with Gasteiger partial charge in [-0.25, -0.2) is 4.68 Å². The zero-order valence-corrected chi connectivity index (χ0v) is 14.1. The van der Waals surface area contributed by atoms with Crippen molar-refractivity contribution in [2.45, 2.75) is 25.5 Å². The van der Waals surface area contributed by atoms with Crippen molar-refractivity contribution < 1.29 is 14.3 Å². The number of hydrogen-bond donors (Lipinski definition) is 1. The van der Waals surface area contributed by atoms with E-state index in [2.05, 4.69) is 10.4 Å². The van der Waals surface area contributed by atoms with Crippen molar-refractivity contribution in [1.82, 2.24) is 15.1 Å². The highest BCUT2D eigenvalue weighted by molar-refractivity contribution is 5.75. The van der Waals surface area contributed by atoms with Gasteiger partial charge in [-0.2, -0.15) is 5.10 Å². The molecule has 1 aliphatic heterocycles. The van der Waals surface area contributed by atoms with Gasteiger partial charge in [0, 0.05) is 24.8 Å². The second-order valence-electron chi connectivity index (χ2n) is 5.86. The quantitative estimate of drug-likeness (QED) is 0.853. The normalized spacial score (nSPS) is 16.6. The molecule has 7 heteroatoms. The van der Waals surface area contributed by atoms with Crippen molar-refractivity contribution >= 4 is 5.91 Å². The molecule has 1 aromatic heterocycles. The molecule has 25 heavy (non-hydrogen) atoms. The Kier molecular flexibility index (Phi) is 5.45. The monoisotopic (exact) mass is 343 g/mol. The highest BCUT2D eigenvalue weighted by atomic mass is 16.5. The van der Waals surface area contributed by atoms with Crippen LogP contribution >= 0.6 is 0 Å². The molecular formula is C18H21N3O4. The summed E-state index contributed by atoms with van der Waals surface area (Å²) in [6.45, 7) is 1.05. The fourth-order valence-corrected chi connectivity index (χ4v) is 2.76. The summed E-state index contributed by atoms with van der Waals surface area (Å²) in [7, 11) is 1.49. The first kappa shape index (κ1) is 17.2. The number of nitrogens with one attached hydrogen (secondary N) is 1. The van der Waals surface area contributed by atoms with Crippen LogP contribution in [0.3, 0.4) is 0 Å². The maximum Gasteiger partial charge on any atom is 0.270 e. The first-order chi connectivity index (χ1) is 12.2. The molecule has 2 aromatic rings. The van der Waals surface area contributed by atoms with Crippen molar-refractivity contribution in [2.75, 3.05) is 20.3 Å². The number of amides is 1. The lowest BCUT2D eigenvalue weighted by Gasteiger charge is -2.13. The first-order valence-electron chi connectivity index (χ1n) is 8.27. The van der Waals surface area contributed by atoms with Gasteiger partial charge in [0.15, 0.2) is 5.75 Å². The SMILES string of the molecule is COc1cc(=O)n(CC(=O)NC[C@@H]2CCCO2)nc1-c1ccccc1. The number of carbonyl (C=O) groups excluding carboxylic acids is 1. The molecule has 1 fully saturated rings. The molecule has 3 rings (SSSR count). The van der Waals surface area contributed by atoms with Crippen molar-refractivity contribution in [3.63, 3.8) is 0 Å². The maximum absolute atomic E-state index is 12.2. The Morgan fingerprint density at radius 1 is 1.40 bits per heavy atom. The standard InChI is InChI=1S/C18H21N3O4/c1-24-15-10-17(23)21(20-18(15)13-6-3-2-4-7-13)12-16(22)19-11-14-8-5-9-25-14/h2-4,6-7,10,14H,5,8-9,11-12H2,1H3,(H,19,22)/t14-/m0/s1. The van der Waals surface area contributed by atoms with Crippen LogP contribution in [0, 0.1) is 0 Å². The third kappa shape index (κ3) is 4.24. The van der Waals surface area contributed by atoms with Crippen LogP contribution in [0.25, 0.3) is 11.3 Å². The van der Waals surface area contributed by atoms with E-state index in [9.17, 15) is 9.59 Å². The zero-order chi connectivity index (χ0) is 17.6. The Labute approximate surface area is 145 Å². The Morgan fingerprint density at radius 3 is 2.88 bits per heavy atom. The van der Waals surface area contributed by atoms with E-state index in [4.69, 9.17) is 9.47 Å². The van der Waals surface area contributed by atoms with Crippen LogP contribution in [-0.4, -0.2) is 42.1 Å². The summed E-state index contributed by atoms with van der Waals surface area (Å²) < 4.78 is 11.9. The number of nitrogens with zero attached hydrogens (tertiary/aromatic N) is 2. The molecule has 1 aliphatic rings. The third-order valence-corrected chi connectivity index (χ3v) is 4.07. The van der Waals surface area contributed by atoms with Gasteiger partial charge in [0.2, 0.25) is 5.91 Å². The minimum atomic E-state index is -0.385. The molecule has 0 spiro atoms. The van der Waals surface area contributed by atoms with Crippen molar-refractivity contribution in [3.05, 3.63) is 46.8 Å². The molecule has 1 saturated heterocycles. The smallest absolute Gasteiger partial charge is 0.270 e. The summed E-state index contributed by atoms with van der Waals surface area (Å²) in [5, 5.41) is 7.11. The average molecular weight is 343 g/mol. The van der Waals surface area contributed by atoms with E-state index in [1.54, 1.807) is 0 Å². The number of benzene rings is 1. The third-order valence-electron chi connectivity index (χ3n) is 4.07. The van der Waals surface area contributed by atoms with Crippen LogP contribution < -0.4 is 15.6 Å². The molecule has 0 saturated carbocycles. The van der Waals surface area contributed by atoms with Gasteiger partial charge in [0.25, 0.3) is 5.56 Å². The predicted octanol–water partition coefficient (Wildman–Crippen LogP) is 1.21. The summed E-state index contributed by atoms with van der Waals surface area (Å²) in [4.78, 5) is 24.3. The highest BCUT2D eigenvalue weighted by Gasteiger charge is 2.17. The van der Waals surface area contributed by atoms with E-state index in [0.29, 0.717) is 18.0 Å². The number of aromatic nitrogens is 2. The van der Waals surface area contributed by atoms with Crippen LogP contribution in [0.15, 0.2) is 41.2 Å². The fourth-order valence-electron chi connectivity index (χ4n) is 2.76. The van der Waals surface area contributed by atoms with Gasteiger partial charge in [-0.1, -0.05) is 30.3 Å². The number of methoxy groups -OCH3 is 1. The molecule has 7 nitrogen and oxygen atoms in total. The van der Waals surface area contributed by atoms with Crippen molar-refractivity contribution in [2.24, 2.45) is 0 Å². The van der Waals surface area contributed by atoms with E-state index in [1.807, 2.05) is 30.3 Å². The van der Waals surface area contributed by atoms with Crippen LogP contribution in [0.1, 0.15) is 12.8 Å². The summed E-state index contributed by atoms with van der Waals surface area (Å²) in [5.41, 5.74) is 0.950. The lowest BCUT2D eigenvalue weighted by molar-refractivity contribution is -0.122. The molecule has 0 aliphatic carbocycles.